The lowest BCUT2D eigenvalue weighted by Gasteiger charge is -2.17. The van der Waals surface area contributed by atoms with Gasteiger partial charge in [-0.25, -0.2) is 0 Å². The van der Waals surface area contributed by atoms with Crippen LogP contribution in [0.3, 0.4) is 0 Å². The Labute approximate surface area is 112 Å². The molecule has 0 aliphatic heterocycles. The van der Waals surface area contributed by atoms with Crippen LogP contribution in [0, 0.1) is 18.3 Å². The predicted octanol–water partition coefficient (Wildman–Crippen LogP) is 3.00. The topological polar surface area (TPSA) is 58.0 Å². The quantitative estimate of drug-likeness (QED) is 0.914. The summed E-state index contributed by atoms with van der Waals surface area (Å²) >= 11 is 0. The lowest BCUT2D eigenvalue weighted by Crippen LogP contribution is -2.03. The van der Waals surface area contributed by atoms with Gasteiger partial charge < -0.3 is 14.5 Å². The van der Waals surface area contributed by atoms with Crippen molar-refractivity contribution in [2.45, 2.75) is 12.8 Å². The average Bonchev–Trinajstić information content (AvgIpc) is 2.94. The van der Waals surface area contributed by atoms with E-state index in [9.17, 15) is 5.26 Å². The lowest BCUT2D eigenvalue weighted by atomic mass is 9.92. The molecule has 1 unspecified atom stereocenters. The van der Waals surface area contributed by atoms with Gasteiger partial charge >= 0.3 is 0 Å². The summed E-state index contributed by atoms with van der Waals surface area (Å²) in [5.74, 6) is 1.10. The van der Waals surface area contributed by atoms with E-state index in [4.69, 9.17) is 9.47 Å². The summed E-state index contributed by atoms with van der Waals surface area (Å²) in [7, 11) is 3.23. The van der Waals surface area contributed by atoms with Gasteiger partial charge in [0.05, 0.1) is 20.3 Å². The first-order valence-electron chi connectivity index (χ1n) is 5.96. The van der Waals surface area contributed by atoms with Crippen molar-refractivity contribution in [1.82, 2.24) is 4.98 Å². The van der Waals surface area contributed by atoms with Crippen molar-refractivity contribution in [2.24, 2.45) is 0 Å². The zero-order valence-corrected chi connectivity index (χ0v) is 11.2. The first kappa shape index (κ1) is 13.0. The van der Waals surface area contributed by atoms with Crippen LogP contribution in [0.25, 0.3) is 0 Å². The Morgan fingerprint density at radius 2 is 2.00 bits per heavy atom. The second-order valence-corrected chi connectivity index (χ2v) is 4.22. The van der Waals surface area contributed by atoms with Gasteiger partial charge in [-0.15, -0.1) is 0 Å². The number of nitriles is 1. The van der Waals surface area contributed by atoms with Crippen molar-refractivity contribution in [3.05, 3.63) is 47.3 Å². The van der Waals surface area contributed by atoms with Gasteiger partial charge in [0.25, 0.3) is 0 Å². The molecule has 0 fully saturated rings. The predicted molar refractivity (Wildman–Crippen MR) is 72.5 cm³/mol. The molecular formula is C15H16N2O2. The molecule has 0 saturated carbocycles. The van der Waals surface area contributed by atoms with Gasteiger partial charge in [0, 0.05) is 23.5 Å². The minimum atomic E-state index is -0.356. The molecule has 0 aliphatic rings. The minimum absolute atomic E-state index is 0.356. The van der Waals surface area contributed by atoms with Crippen LogP contribution in [0.15, 0.2) is 30.6 Å². The van der Waals surface area contributed by atoms with Crippen molar-refractivity contribution in [2.75, 3.05) is 14.2 Å². The maximum atomic E-state index is 9.44. The molecule has 4 heteroatoms. The van der Waals surface area contributed by atoms with Crippen molar-refractivity contribution in [1.29, 1.82) is 5.26 Å². The fraction of sp³-hybridized carbons (Fsp3) is 0.267. The number of benzene rings is 1. The van der Waals surface area contributed by atoms with Gasteiger partial charge in [-0.1, -0.05) is 0 Å². The molecule has 1 aromatic carbocycles. The van der Waals surface area contributed by atoms with Gasteiger partial charge in [-0.3, -0.25) is 0 Å². The van der Waals surface area contributed by atoms with E-state index >= 15 is 0 Å². The molecule has 0 amide bonds. The molecule has 1 heterocycles. The Bertz CT molecular complexity index is 597. The van der Waals surface area contributed by atoms with Crippen molar-refractivity contribution >= 4 is 0 Å². The molecule has 2 aromatic rings. The molecule has 98 valence electrons. The number of nitrogens with one attached hydrogen (secondary N) is 1. The third-order valence-corrected chi connectivity index (χ3v) is 3.21. The molecule has 1 atom stereocenters. The van der Waals surface area contributed by atoms with E-state index < -0.39 is 0 Å². The summed E-state index contributed by atoms with van der Waals surface area (Å²) in [6.45, 7) is 1.92. The van der Waals surface area contributed by atoms with Crippen LogP contribution in [0.2, 0.25) is 0 Å². The highest BCUT2D eigenvalue weighted by atomic mass is 16.5. The van der Waals surface area contributed by atoms with Crippen LogP contribution in [0.5, 0.6) is 11.5 Å². The fourth-order valence-electron chi connectivity index (χ4n) is 2.25. The lowest BCUT2D eigenvalue weighted by molar-refractivity contribution is 0.385. The van der Waals surface area contributed by atoms with Crippen molar-refractivity contribution < 1.29 is 9.47 Å². The summed E-state index contributed by atoms with van der Waals surface area (Å²) in [5.41, 5.74) is 2.67. The number of nitrogens with zero attached hydrogens (tertiary/aromatic N) is 1. The summed E-state index contributed by atoms with van der Waals surface area (Å²) < 4.78 is 10.7. The molecule has 0 bridgehead atoms. The molecule has 19 heavy (non-hydrogen) atoms. The van der Waals surface area contributed by atoms with Crippen LogP contribution in [0.1, 0.15) is 22.6 Å². The maximum Gasteiger partial charge on any atom is 0.130 e. The molecule has 0 radical (unpaired) electrons. The monoisotopic (exact) mass is 256 g/mol. The number of H-pyrrole nitrogens is 1. The number of methoxy groups -OCH3 is 2. The Balaban J connectivity index is 2.56. The molecule has 4 nitrogen and oxygen atoms in total. The Morgan fingerprint density at radius 1 is 1.21 bits per heavy atom. The van der Waals surface area contributed by atoms with Gasteiger partial charge in [0.1, 0.15) is 17.4 Å². The largest absolute Gasteiger partial charge is 0.496 e. The summed E-state index contributed by atoms with van der Waals surface area (Å²) in [5, 5.41) is 9.44. The van der Waals surface area contributed by atoms with E-state index in [-0.39, 0.29) is 5.92 Å². The number of rotatable bonds is 4. The summed E-state index contributed by atoms with van der Waals surface area (Å²) in [6.07, 6.45) is 3.63. The number of hydrogen-bond acceptors (Lipinski definition) is 3. The number of ether oxygens (including phenoxy) is 2. The normalized spacial score (nSPS) is 11.7. The van der Waals surface area contributed by atoms with Crippen molar-refractivity contribution in [3.63, 3.8) is 0 Å². The Kier molecular flexibility index (Phi) is 3.76. The summed E-state index contributed by atoms with van der Waals surface area (Å²) in [4.78, 5) is 2.97. The minimum Gasteiger partial charge on any atom is -0.496 e. The Hall–Kier alpha value is -2.41. The second kappa shape index (κ2) is 5.49. The third-order valence-electron chi connectivity index (χ3n) is 3.21. The zero-order chi connectivity index (χ0) is 13.8. The van der Waals surface area contributed by atoms with Gasteiger partial charge in [-0.05, 0) is 30.7 Å². The molecule has 0 spiro atoms. The number of aromatic amines is 1. The highest BCUT2D eigenvalue weighted by Crippen LogP contribution is 2.37. The van der Waals surface area contributed by atoms with Crippen LogP contribution >= 0.6 is 0 Å². The fourth-order valence-corrected chi connectivity index (χ4v) is 2.25. The van der Waals surface area contributed by atoms with Crippen molar-refractivity contribution in [3.8, 4) is 17.6 Å². The Morgan fingerprint density at radius 3 is 2.53 bits per heavy atom. The van der Waals surface area contributed by atoms with E-state index in [1.165, 1.54) is 0 Å². The molecule has 0 aliphatic carbocycles. The zero-order valence-electron chi connectivity index (χ0n) is 11.2. The van der Waals surface area contributed by atoms with Crippen LogP contribution in [-0.4, -0.2) is 19.2 Å². The molecule has 1 N–H and O–H groups in total. The number of aromatic nitrogens is 1. The average molecular weight is 256 g/mol. The molecular weight excluding hydrogens is 240 g/mol. The third kappa shape index (κ3) is 2.27. The SMILES string of the molecule is COc1ccc(C(C#N)c2cc[nH]c2)c(OC)c1C. The first-order valence-corrected chi connectivity index (χ1v) is 5.96. The van der Waals surface area contributed by atoms with Gasteiger partial charge in [-0.2, -0.15) is 5.26 Å². The van der Waals surface area contributed by atoms with E-state index in [2.05, 4.69) is 11.1 Å². The van der Waals surface area contributed by atoms with E-state index in [1.807, 2.05) is 37.5 Å². The molecule has 2 rings (SSSR count). The highest BCUT2D eigenvalue weighted by molar-refractivity contribution is 5.54. The maximum absolute atomic E-state index is 9.44. The van der Waals surface area contributed by atoms with Crippen LogP contribution < -0.4 is 9.47 Å². The van der Waals surface area contributed by atoms with Crippen LogP contribution in [0.4, 0.5) is 0 Å². The van der Waals surface area contributed by atoms with E-state index in [0.29, 0.717) is 5.75 Å². The van der Waals surface area contributed by atoms with E-state index in [1.54, 1.807) is 14.2 Å². The standard InChI is InChI=1S/C15H16N2O2/c1-10-14(18-2)5-4-12(15(10)19-3)13(8-16)11-6-7-17-9-11/h4-7,9,13,17H,1-3H3. The second-order valence-electron chi connectivity index (χ2n) is 4.22. The number of hydrogen-bond donors (Lipinski definition) is 1. The molecule has 0 saturated heterocycles. The molecule has 1 aromatic heterocycles. The van der Waals surface area contributed by atoms with E-state index in [0.717, 1.165) is 22.4 Å². The van der Waals surface area contributed by atoms with Gasteiger partial charge in [0.15, 0.2) is 0 Å². The van der Waals surface area contributed by atoms with Crippen LogP contribution in [-0.2, 0) is 0 Å². The first-order chi connectivity index (χ1) is 9.22. The van der Waals surface area contributed by atoms with Gasteiger partial charge in [0.2, 0.25) is 0 Å². The smallest absolute Gasteiger partial charge is 0.130 e. The summed E-state index contributed by atoms with van der Waals surface area (Å²) in [6, 6.07) is 7.96. The highest BCUT2D eigenvalue weighted by Gasteiger charge is 2.21.